The Morgan fingerprint density at radius 1 is 1.15 bits per heavy atom. The van der Waals surface area contributed by atoms with E-state index in [2.05, 4.69) is 21.1 Å². The molecule has 0 saturated heterocycles. The molecule has 0 unspecified atom stereocenters. The number of anilines is 2. The summed E-state index contributed by atoms with van der Waals surface area (Å²) in [7, 11) is 1.96. The highest BCUT2D eigenvalue weighted by molar-refractivity contribution is 9.10. The Hall–Kier alpha value is -2.01. The summed E-state index contributed by atoms with van der Waals surface area (Å²) in [6.07, 6.45) is 0. The monoisotopic (exact) mass is 333 g/mol. The van der Waals surface area contributed by atoms with E-state index in [1.54, 1.807) is 0 Å². The van der Waals surface area contributed by atoms with E-state index in [0.717, 1.165) is 21.4 Å². The third-order valence-electron chi connectivity index (χ3n) is 3.19. The molecule has 0 spiro atoms. The third kappa shape index (κ3) is 2.63. The molecule has 3 N–H and O–H groups in total. The van der Waals surface area contributed by atoms with Crippen LogP contribution in [0.1, 0.15) is 11.1 Å². The lowest BCUT2D eigenvalue weighted by Gasteiger charge is -2.24. The van der Waals surface area contributed by atoms with Gasteiger partial charge in [0.25, 0.3) is 0 Å². The molecule has 4 nitrogen and oxygen atoms in total. The van der Waals surface area contributed by atoms with E-state index in [1.807, 2.05) is 61.3 Å². The van der Waals surface area contributed by atoms with Crippen molar-refractivity contribution in [1.29, 1.82) is 0 Å². The lowest BCUT2D eigenvalue weighted by molar-refractivity contribution is 0.318. The van der Waals surface area contributed by atoms with Crippen LogP contribution in [0, 0.1) is 6.92 Å². The second-order valence-electron chi connectivity index (χ2n) is 4.46. The fourth-order valence-electron chi connectivity index (χ4n) is 2.17. The lowest BCUT2D eigenvalue weighted by atomic mass is 10.1. The number of benzene rings is 2. The molecular formula is C15H16BrN3O. The fraction of sp³-hybridized carbons (Fsp3) is 0.133. The summed E-state index contributed by atoms with van der Waals surface area (Å²) in [6.45, 7) is 2.05. The van der Waals surface area contributed by atoms with Gasteiger partial charge < -0.3 is 15.8 Å². The molecule has 0 heterocycles. The van der Waals surface area contributed by atoms with E-state index in [0.29, 0.717) is 5.56 Å². The van der Waals surface area contributed by atoms with Crippen LogP contribution < -0.4 is 10.6 Å². The highest BCUT2D eigenvalue weighted by Crippen LogP contribution is 2.32. The molecule has 0 fully saturated rings. The summed E-state index contributed by atoms with van der Waals surface area (Å²) < 4.78 is 0.783. The zero-order valence-corrected chi connectivity index (χ0v) is 12.9. The Labute approximate surface area is 126 Å². The molecule has 0 aliphatic carbocycles. The first-order valence-electron chi connectivity index (χ1n) is 6.12. The largest absolute Gasteiger partial charge is 0.409 e. The number of amidine groups is 1. The molecule has 0 saturated carbocycles. The van der Waals surface area contributed by atoms with Gasteiger partial charge in [0.15, 0.2) is 5.84 Å². The minimum atomic E-state index is 0.0768. The second kappa shape index (κ2) is 5.96. The fourth-order valence-corrected chi connectivity index (χ4v) is 2.72. The van der Waals surface area contributed by atoms with Crippen molar-refractivity contribution in [3.05, 3.63) is 58.1 Å². The summed E-state index contributed by atoms with van der Waals surface area (Å²) in [5.74, 6) is 0.0768. The molecular weight excluding hydrogens is 318 g/mol. The smallest absolute Gasteiger partial charge is 0.173 e. The molecule has 0 aliphatic heterocycles. The van der Waals surface area contributed by atoms with E-state index < -0.39 is 0 Å². The van der Waals surface area contributed by atoms with Crippen molar-refractivity contribution in [2.75, 3.05) is 11.9 Å². The second-order valence-corrected chi connectivity index (χ2v) is 5.32. The highest BCUT2D eigenvalue weighted by Gasteiger charge is 2.16. The molecule has 2 aromatic rings. The maximum Gasteiger partial charge on any atom is 0.173 e. The van der Waals surface area contributed by atoms with Crippen LogP contribution in [0.3, 0.4) is 0 Å². The lowest BCUT2D eigenvalue weighted by Crippen LogP contribution is -2.20. The first-order valence-corrected chi connectivity index (χ1v) is 6.91. The minimum Gasteiger partial charge on any atom is -0.409 e. The molecule has 20 heavy (non-hydrogen) atoms. The molecule has 5 heteroatoms. The van der Waals surface area contributed by atoms with Crippen LogP contribution in [-0.4, -0.2) is 18.1 Å². The Morgan fingerprint density at radius 3 is 2.45 bits per heavy atom. The van der Waals surface area contributed by atoms with Crippen LogP contribution in [-0.2, 0) is 0 Å². The van der Waals surface area contributed by atoms with Crippen molar-refractivity contribution in [3.63, 3.8) is 0 Å². The Morgan fingerprint density at radius 2 is 1.80 bits per heavy atom. The molecule has 0 radical (unpaired) electrons. The first kappa shape index (κ1) is 14.4. The van der Waals surface area contributed by atoms with Crippen molar-refractivity contribution in [1.82, 2.24) is 0 Å². The highest BCUT2D eigenvalue weighted by atomic mass is 79.9. The summed E-state index contributed by atoms with van der Waals surface area (Å²) in [5.41, 5.74) is 9.55. The summed E-state index contributed by atoms with van der Waals surface area (Å²) in [6, 6.07) is 13.8. The number of oxime groups is 1. The van der Waals surface area contributed by atoms with Crippen molar-refractivity contribution in [2.24, 2.45) is 10.9 Å². The van der Waals surface area contributed by atoms with Crippen molar-refractivity contribution in [3.8, 4) is 0 Å². The summed E-state index contributed by atoms with van der Waals surface area (Å²) in [4.78, 5) is 2.02. The zero-order chi connectivity index (χ0) is 14.7. The number of halogens is 1. The van der Waals surface area contributed by atoms with Gasteiger partial charge in [-0.1, -0.05) is 29.4 Å². The van der Waals surface area contributed by atoms with E-state index in [1.165, 1.54) is 0 Å². The number of hydrogen-bond acceptors (Lipinski definition) is 3. The van der Waals surface area contributed by atoms with Gasteiger partial charge in [-0.2, -0.15) is 0 Å². The van der Waals surface area contributed by atoms with Gasteiger partial charge in [-0.15, -0.1) is 0 Å². The molecule has 0 aromatic heterocycles. The average molecular weight is 334 g/mol. The molecule has 0 amide bonds. The van der Waals surface area contributed by atoms with E-state index >= 15 is 0 Å². The molecule has 0 aliphatic rings. The SMILES string of the molecule is Cc1ccccc1N(C)c1cccc(Br)c1/C(N)=N/O. The number of aryl methyl sites for hydroxylation is 1. The number of nitrogens with two attached hydrogens (primary N) is 1. The maximum absolute atomic E-state index is 8.97. The van der Waals surface area contributed by atoms with Crippen molar-refractivity contribution in [2.45, 2.75) is 6.92 Å². The molecule has 0 bridgehead atoms. The number of nitrogens with zero attached hydrogens (tertiary/aromatic N) is 2. The minimum absolute atomic E-state index is 0.0768. The van der Waals surface area contributed by atoms with Crippen LogP contribution in [0.5, 0.6) is 0 Å². The van der Waals surface area contributed by atoms with Crippen molar-refractivity contribution < 1.29 is 5.21 Å². The number of hydrogen-bond donors (Lipinski definition) is 2. The van der Waals surface area contributed by atoms with Gasteiger partial charge in [0.1, 0.15) is 0 Å². The van der Waals surface area contributed by atoms with Crippen molar-refractivity contribution >= 4 is 33.1 Å². The normalized spacial score (nSPS) is 11.4. The Bertz CT molecular complexity index is 655. The topological polar surface area (TPSA) is 61.8 Å². The zero-order valence-electron chi connectivity index (χ0n) is 11.3. The number of rotatable bonds is 3. The molecule has 2 rings (SSSR count). The van der Waals surface area contributed by atoms with Crippen LogP contribution in [0.4, 0.5) is 11.4 Å². The summed E-state index contributed by atoms with van der Waals surface area (Å²) in [5, 5.41) is 12.1. The quantitative estimate of drug-likeness (QED) is 0.390. The van der Waals surface area contributed by atoms with Crippen LogP contribution >= 0.6 is 15.9 Å². The van der Waals surface area contributed by atoms with Gasteiger partial charge in [0.05, 0.1) is 11.3 Å². The standard InChI is InChI=1S/C15H16BrN3O/c1-10-6-3-4-8-12(10)19(2)13-9-5-7-11(16)14(13)15(17)18-20/h3-9,20H,1-2H3,(H2,17,18). The molecule has 104 valence electrons. The average Bonchev–Trinajstić information content (AvgIpc) is 2.46. The number of para-hydroxylation sites is 1. The Kier molecular flexibility index (Phi) is 4.29. The Balaban J connectivity index is 2.59. The van der Waals surface area contributed by atoms with Gasteiger partial charge in [0, 0.05) is 17.2 Å². The van der Waals surface area contributed by atoms with Gasteiger partial charge in [-0.3, -0.25) is 0 Å². The van der Waals surface area contributed by atoms with Crippen LogP contribution in [0.2, 0.25) is 0 Å². The van der Waals surface area contributed by atoms with Gasteiger partial charge >= 0.3 is 0 Å². The molecule has 0 atom stereocenters. The molecule has 2 aromatic carbocycles. The van der Waals surface area contributed by atoms with Gasteiger partial charge in [-0.25, -0.2) is 0 Å². The van der Waals surface area contributed by atoms with E-state index in [4.69, 9.17) is 10.9 Å². The van der Waals surface area contributed by atoms with E-state index in [9.17, 15) is 0 Å². The van der Waals surface area contributed by atoms with Crippen LogP contribution in [0.25, 0.3) is 0 Å². The van der Waals surface area contributed by atoms with Crippen LogP contribution in [0.15, 0.2) is 52.1 Å². The predicted octanol–water partition coefficient (Wildman–Crippen LogP) is 3.62. The maximum atomic E-state index is 8.97. The summed E-state index contributed by atoms with van der Waals surface area (Å²) >= 11 is 3.45. The third-order valence-corrected chi connectivity index (χ3v) is 3.85. The van der Waals surface area contributed by atoms with E-state index in [-0.39, 0.29) is 5.84 Å². The predicted molar refractivity (Wildman–Crippen MR) is 85.9 cm³/mol. The van der Waals surface area contributed by atoms with Gasteiger partial charge in [-0.05, 0) is 46.6 Å². The van der Waals surface area contributed by atoms with Gasteiger partial charge in [0.2, 0.25) is 0 Å². The first-order chi connectivity index (χ1) is 9.56.